The smallest absolute Gasteiger partial charge is 0.191 e. The number of rotatable bonds is 9. The summed E-state index contributed by atoms with van der Waals surface area (Å²) in [7, 11) is 0. The van der Waals surface area contributed by atoms with Gasteiger partial charge in [-0.1, -0.05) is 30.3 Å². The number of hydrogen-bond acceptors (Lipinski definition) is 3. The fourth-order valence-electron chi connectivity index (χ4n) is 2.28. The molecule has 6 heteroatoms. The number of thioether (sulfide) groups is 1. The summed E-state index contributed by atoms with van der Waals surface area (Å²) in [6, 6.07) is 10.2. The second-order valence-corrected chi connectivity index (χ2v) is 6.42. The largest absolute Gasteiger partial charge is 0.357 e. The van der Waals surface area contributed by atoms with Crippen molar-refractivity contribution in [3.05, 3.63) is 42.4 Å². The minimum atomic E-state index is 0.535. The van der Waals surface area contributed by atoms with Gasteiger partial charge in [-0.3, -0.25) is 0 Å². The van der Waals surface area contributed by atoms with E-state index in [4.69, 9.17) is 0 Å². The van der Waals surface area contributed by atoms with Gasteiger partial charge in [0.05, 0.1) is 11.9 Å². The van der Waals surface area contributed by atoms with Gasteiger partial charge in [0.2, 0.25) is 0 Å². The van der Waals surface area contributed by atoms with Crippen LogP contribution >= 0.6 is 11.8 Å². The first-order valence-corrected chi connectivity index (χ1v) is 9.83. The molecule has 2 aromatic rings. The van der Waals surface area contributed by atoms with Gasteiger partial charge >= 0.3 is 0 Å². The number of unbranched alkanes of at least 4 members (excludes halogenated alkanes) is 1. The molecule has 0 bridgehead atoms. The van der Waals surface area contributed by atoms with Gasteiger partial charge in [0.25, 0.3) is 0 Å². The van der Waals surface area contributed by atoms with Gasteiger partial charge in [-0.15, -0.1) is 0 Å². The van der Waals surface area contributed by atoms with E-state index < -0.39 is 0 Å². The molecule has 1 aromatic carbocycles. The lowest BCUT2D eigenvalue weighted by molar-refractivity contribution is 0.732. The maximum Gasteiger partial charge on any atom is 0.191 e. The van der Waals surface area contributed by atoms with E-state index in [1.54, 1.807) is 0 Å². The van der Waals surface area contributed by atoms with Gasteiger partial charge in [-0.2, -0.15) is 11.8 Å². The quantitative estimate of drug-likeness (QED) is 0.371. The van der Waals surface area contributed by atoms with Crippen LogP contribution in [0.5, 0.6) is 0 Å². The minimum Gasteiger partial charge on any atom is -0.357 e. The molecule has 0 amide bonds. The fourth-order valence-corrected chi connectivity index (χ4v) is 2.77. The molecule has 0 atom stereocenters. The second kappa shape index (κ2) is 10.8. The first-order chi connectivity index (χ1) is 11.8. The van der Waals surface area contributed by atoms with Crippen LogP contribution in [-0.4, -0.2) is 41.0 Å². The van der Waals surface area contributed by atoms with Gasteiger partial charge in [0, 0.05) is 13.1 Å². The Morgan fingerprint density at radius 1 is 1.21 bits per heavy atom. The van der Waals surface area contributed by atoms with E-state index in [0.717, 1.165) is 42.6 Å². The molecule has 0 fully saturated rings. The van der Waals surface area contributed by atoms with Gasteiger partial charge in [-0.05, 0) is 37.3 Å². The number of guanidine groups is 1. The zero-order chi connectivity index (χ0) is 17.0. The van der Waals surface area contributed by atoms with E-state index in [-0.39, 0.29) is 0 Å². The topological polar surface area (TPSA) is 65.1 Å². The number of aliphatic imine (C=N–C) groups is 1. The summed E-state index contributed by atoms with van der Waals surface area (Å²) in [6.07, 6.45) is 6.39. The molecular formula is C18H27N5S. The number of imidazole rings is 1. The molecule has 1 aromatic heterocycles. The van der Waals surface area contributed by atoms with E-state index in [9.17, 15) is 0 Å². The van der Waals surface area contributed by atoms with Gasteiger partial charge < -0.3 is 15.6 Å². The molecule has 1 heterocycles. The number of nitrogens with zero attached hydrogens (tertiary/aromatic N) is 2. The Kier molecular flexibility index (Phi) is 8.24. The maximum atomic E-state index is 4.60. The summed E-state index contributed by atoms with van der Waals surface area (Å²) in [6.45, 7) is 4.40. The third-order valence-corrected chi connectivity index (χ3v) is 4.21. The van der Waals surface area contributed by atoms with Gasteiger partial charge in [-0.25, -0.2) is 9.98 Å². The lowest BCUT2D eigenvalue weighted by Gasteiger charge is -2.10. The van der Waals surface area contributed by atoms with Crippen molar-refractivity contribution in [3.63, 3.8) is 0 Å². The standard InChI is InChI=1S/C18H27N5S/c1-3-19-18(20-11-7-8-12-24-2)22-14-17-21-13-16(23-17)15-9-5-4-6-10-15/h4-6,9-10,13H,3,7-8,11-12,14H2,1-2H3,(H,21,23)(H2,19,20,22). The molecule has 24 heavy (non-hydrogen) atoms. The lowest BCUT2D eigenvalue weighted by atomic mass is 10.2. The van der Waals surface area contributed by atoms with E-state index in [2.05, 4.69) is 50.9 Å². The summed E-state index contributed by atoms with van der Waals surface area (Å²) in [5, 5.41) is 6.65. The Morgan fingerprint density at radius 2 is 2.04 bits per heavy atom. The highest BCUT2D eigenvalue weighted by molar-refractivity contribution is 7.98. The molecule has 130 valence electrons. The third kappa shape index (κ3) is 6.28. The fraction of sp³-hybridized carbons (Fsp3) is 0.444. The Bertz CT molecular complexity index is 609. The average Bonchev–Trinajstić information content (AvgIpc) is 3.09. The van der Waals surface area contributed by atoms with Crippen molar-refractivity contribution in [3.8, 4) is 11.3 Å². The molecule has 0 aliphatic heterocycles. The zero-order valence-electron chi connectivity index (χ0n) is 14.5. The first kappa shape index (κ1) is 18.4. The van der Waals surface area contributed by atoms with E-state index >= 15 is 0 Å². The zero-order valence-corrected chi connectivity index (χ0v) is 15.3. The Balaban J connectivity index is 1.87. The second-order valence-electron chi connectivity index (χ2n) is 5.43. The highest BCUT2D eigenvalue weighted by Gasteiger charge is 2.03. The molecule has 0 aliphatic carbocycles. The summed E-state index contributed by atoms with van der Waals surface area (Å²) in [5.74, 6) is 2.93. The Labute approximate surface area is 148 Å². The van der Waals surface area contributed by atoms with Crippen molar-refractivity contribution in [2.45, 2.75) is 26.3 Å². The van der Waals surface area contributed by atoms with Crippen molar-refractivity contribution in [2.75, 3.05) is 25.1 Å². The van der Waals surface area contributed by atoms with Crippen molar-refractivity contribution in [2.24, 2.45) is 4.99 Å². The van der Waals surface area contributed by atoms with Crippen molar-refractivity contribution in [1.29, 1.82) is 0 Å². The molecule has 3 N–H and O–H groups in total. The summed E-state index contributed by atoms with van der Waals surface area (Å²) in [5.41, 5.74) is 2.16. The normalized spacial score (nSPS) is 11.5. The van der Waals surface area contributed by atoms with Gasteiger partial charge in [0.1, 0.15) is 12.4 Å². The van der Waals surface area contributed by atoms with E-state index in [1.165, 1.54) is 12.2 Å². The van der Waals surface area contributed by atoms with E-state index in [1.807, 2.05) is 36.2 Å². The molecule has 2 rings (SSSR count). The van der Waals surface area contributed by atoms with Crippen molar-refractivity contribution < 1.29 is 0 Å². The molecule has 0 unspecified atom stereocenters. The molecule has 0 saturated carbocycles. The van der Waals surface area contributed by atoms with Crippen molar-refractivity contribution >= 4 is 17.7 Å². The van der Waals surface area contributed by atoms with Crippen LogP contribution in [0.3, 0.4) is 0 Å². The summed E-state index contributed by atoms with van der Waals surface area (Å²) >= 11 is 1.89. The van der Waals surface area contributed by atoms with Crippen LogP contribution in [0.2, 0.25) is 0 Å². The van der Waals surface area contributed by atoms with Crippen LogP contribution < -0.4 is 10.6 Å². The van der Waals surface area contributed by atoms with Crippen LogP contribution in [0.1, 0.15) is 25.6 Å². The number of aromatic nitrogens is 2. The monoisotopic (exact) mass is 345 g/mol. The predicted molar refractivity (Wildman–Crippen MR) is 104 cm³/mol. The Morgan fingerprint density at radius 3 is 2.79 bits per heavy atom. The van der Waals surface area contributed by atoms with Crippen molar-refractivity contribution in [1.82, 2.24) is 20.6 Å². The minimum absolute atomic E-state index is 0.535. The highest BCUT2D eigenvalue weighted by atomic mass is 32.2. The molecule has 0 saturated heterocycles. The first-order valence-electron chi connectivity index (χ1n) is 8.44. The number of H-pyrrole nitrogens is 1. The SMILES string of the molecule is CCNC(=NCc1ncc(-c2ccccc2)[nH]1)NCCCCSC. The van der Waals surface area contributed by atoms with Crippen LogP contribution in [0, 0.1) is 0 Å². The van der Waals surface area contributed by atoms with Gasteiger partial charge in [0.15, 0.2) is 5.96 Å². The van der Waals surface area contributed by atoms with Crippen LogP contribution in [0.4, 0.5) is 0 Å². The summed E-state index contributed by atoms with van der Waals surface area (Å²) < 4.78 is 0. The molecule has 0 spiro atoms. The Hall–Kier alpha value is -1.95. The predicted octanol–water partition coefficient (Wildman–Crippen LogP) is 3.28. The molecule has 5 nitrogen and oxygen atoms in total. The molecule has 0 aliphatic rings. The number of aromatic amines is 1. The maximum absolute atomic E-state index is 4.60. The third-order valence-electron chi connectivity index (χ3n) is 3.51. The van der Waals surface area contributed by atoms with E-state index in [0.29, 0.717) is 6.54 Å². The average molecular weight is 346 g/mol. The van der Waals surface area contributed by atoms with Crippen LogP contribution in [0.15, 0.2) is 41.5 Å². The summed E-state index contributed by atoms with van der Waals surface area (Å²) in [4.78, 5) is 12.4. The number of nitrogens with one attached hydrogen (secondary N) is 3. The van der Waals surface area contributed by atoms with Crippen LogP contribution in [0.25, 0.3) is 11.3 Å². The highest BCUT2D eigenvalue weighted by Crippen LogP contribution is 2.16. The molecule has 0 radical (unpaired) electrons. The lowest BCUT2D eigenvalue weighted by Crippen LogP contribution is -2.37. The number of benzene rings is 1. The molecular weight excluding hydrogens is 318 g/mol. The van der Waals surface area contributed by atoms with Crippen LogP contribution in [-0.2, 0) is 6.54 Å². The number of hydrogen-bond donors (Lipinski definition) is 3.